The predicted molar refractivity (Wildman–Crippen MR) is 91.8 cm³/mol. The van der Waals surface area contributed by atoms with Crippen LogP contribution in [0.4, 0.5) is 0 Å². The minimum atomic E-state index is 0. The van der Waals surface area contributed by atoms with Crippen molar-refractivity contribution in [2.24, 2.45) is 0 Å². The maximum atomic E-state index is 5.80. The van der Waals surface area contributed by atoms with Crippen molar-refractivity contribution in [2.75, 3.05) is 26.2 Å². The van der Waals surface area contributed by atoms with Gasteiger partial charge in [0.1, 0.15) is 0 Å². The molecule has 1 fully saturated rings. The first-order chi connectivity index (χ1) is 8.92. The van der Waals surface area contributed by atoms with E-state index in [0.717, 1.165) is 49.9 Å². The van der Waals surface area contributed by atoms with Gasteiger partial charge in [-0.15, -0.1) is 37.2 Å². The van der Waals surface area contributed by atoms with Crippen molar-refractivity contribution in [3.05, 3.63) is 42.4 Å². The summed E-state index contributed by atoms with van der Waals surface area (Å²) < 4.78 is 5.80. The van der Waals surface area contributed by atoms with E-state index in [4.69, 9.17) is 4.42 Å². The van der Waals surface area contributed by atoms with Gasteiger partial charge in [-0.1, -0.05) is 30.3 Å². The minimum absolute atomic E-state index is 0. The number of aromatic nitrogens is 1. The molecular formula is C14H20Cl3N3O. The normalized spacial score (nSPS) is 14.5. The van der Waals surface area contributed by atoms with Crippen LogP contribution >= 0.6 is 37.2 Å². The second kappa shape index (κ2) is 10.0. The van der Waals surface area contributed by atoms with Gasteiger partial charge >= 0.3 is 0 Å². The van der Waals surface area contributed by atoms with Crippen LogP contribution in [0.15, 0.2) is 40.9 Å². The second-order valence-corrected chi connectivity index (χ2v) is 4.51. The molecule has 21 heavy (non-hydrogen) atoms. The lowest BCUT2D eigenvalue weighted by Crippen LogP contribution is -2.42. The molecule has 1 saturated heterocycles. The number of nitrogens with one attached hydrogen (secondary N) is 1. The molecule has 1 N–H and O–H groups in total. The first kappa shape index (κ1) is 20.2. The van der Waals surface area contributed by atoms with E-state index in [0.29, 0.717) is 0 Å². The molecule has 1 aromatic heterocycles. The van der Waals surface area contributed by atoms with Crippen LogP contribution in [0.3, 0.4) is 0 Å². The third-order valence-corrected chi connectivity index (χ3v) is 3.18. The van der Waals surface area contributed by atoms with Crippen LogP contribution in [0.5, 0.6) is 0 Å². The van der Waals surface area contributed by atoms with Gasteiger partial charge in [0.15, 0.2) is 5.76 Å². The highest BCUT2D eigenvalue weighted by Crippen LogP contribution is 2.20. The first-order valence-electron chi connectivity index (χ1n) is 6.35. The maximum Gasteiger partial charge on any atom is 0.209 e. The number of benzene rings is 1. The lowest BCUT2D eigenvalue weighted by molar-refractivity contribution is 0.213. The van der Waals surface area contributed by atoms with E-state index in [2.05, 4.69) is 15.2 Å². The smallest absolute Gasteiger partial charge is 0.209 e. The van der Waals surface area contributed by atoms with Crippen LogP contribution < -0.4 is 5.32 Å². The fraction of sp³-hybridized carbons (Fsp3) is 0.357. The van der Waals surface area contributed by atoms with E-state index in [1.165, 1.54) is 0 Å². The number of hydrogen-bond acceptors (Lipinski definition) is 4. The third-order valence-electron chi connectivity index (χ3n) is 3.18. The van der Waals surface area contributed by atoms with Crippen LogP contribution in [0.1, 0.15) is 5.89 Å². The Kier molecular flexibility index (Phi) is 9.66. The average molecular weight is 353 g/mol. The Morgan fingerprint density at radius 3 is 2.38 bits per heavy atom. The van der Waals surface area contributed by atoms with Crippen molar-refractivity contribution >= 4 is 37.2 Å². The highest BCUT2D eigenvalue weighted by Gasteiger charge is 2.13. The van der Waals surface area contributed by atoms with Crippen molar-refractivity contribution in [1.29, 1.82) is 0 Å². The van der Waals surface area contributed by atoms with Crippen molar-refractivity contribution < 1.29 is 4.42 Å². The Morgan fingerprint density at radius 1 is 1.05 bits per heavy atom. The standard InChI is InChI=1S/C14H17N3O.3ClH/c1-2-4-12(5-3-1)13-10-16-14(18-13)11-17-8-6-15-7-9-17;;;/h1-5,10,15H,6-9,11H2;3*1H. The second-order valence-electron chi connectivity index (χ2n) is 4.51. The molecule has 2 aromatic rings. The maximum absolute atomic E-state index is 5.80. The Balaban J connectivity index is 0.00000133. The van der Waals surface area contributed by atoms with Gasteiger partial charge in [-0.2, -0.15) is 0 Å². The lowest BCUT2D eigenvalue weighted by Gasteiger charge is -2.25. The summed E-state index contributed by atoms with van der Waals surface area (Å²) in [7, 11) is 0. The molecule has 1 aliphatic rings. The van der Waals surface area contributed by atoms with Crippen LogP contribution in [0, 0.1) is 0 Å². The monoisotopic (exact) mass is 351 g/mol. The SMILES string of the molecule is Cl.Cl.Cl.c1ccc(-c2cnc(CN3CCNCC3)o2)cc1. The fourth-order valence-electron chi connectivity index (χ4n) is 2.18. The molecule has 0 amide bonds. The summed E-state index contributed by atoms with van der Waals surface area (Å²) in [6.07, 6.45) is 1.81. The predicted octanol–water partition coefficient (Wildman–Crippen LogP) is 3.01. The highest BCUT2D eigenvalue weighted by molar-refractivity contribution is 5.86. The molecule has 7 heteroatoms. The summed E-state index contributed by atoms with van der Waals surface area (Å²) in [4.78, 5) is 6.72. The number of oxazole rings is 1. The molecule has 1 aliphatic heterocycles. The van der Waals surface area contributed by atoms with Crippen molar-refractivity contribution in [1.82, 2.24) is 15.2 Å². The van der Waals surface area contributed by atoms with Gasteiger partial charge in [-0.05, 0) is 0 Å². The summed E-state index contributed by atoms with van der Waals surface area (Å²) in [6, 6.07) is 10.1. The molecular weight excluding hydrogens is 333 g/mol. The van der Waals surface area contributed by atoms with Gasteiger partial charge in [0.2, 0.25) is 5.89 Å². The van der Waals surface area contributed by atoms with E-state index in [-0.39, 0.29) is 37.2 Å². The van der Waals surface area contributed by atoms with Gasteiger partial charge in [-0.25, -0.2) is 4.98 Å². The van der Waals surface area contributed by atoms with Gasteiger partial charge in [-0.3, -0.25) is 4.90 Å². The molecule has 4 nitrogen and oxygen atoms in total. The molecule has 118 valence electrons. The molecule has 1 aromatic carbocycles. The molecule has 3 rings (SSSR count). The van der Waals surface area contributed by atoms with Gasteiger partial charge in [0.25, 0.3) is 0 Å². The average Bonchev–Trinajstić information content (AvgIpc) is 2.89. The van der Waals surface area contributed by atoms with Crippen molar-refractivity contribution in [2.45, 2.75) is 6.54 Å². The quantitative estimate of drug-likeness (QED) is 0.922. The van der Waals surface area contributed by atoms with Crippen molar-refractivity contribution in [3.8, 4) is 11.3 Å². The summed E-state index contributed by atoms with van der Waals surface area (Å²) in [5, 5.41) is 3.34. The molecule has 2 heterocycles. The lowest BCUT2D eigenvalue weighted by atomic mass is 10.2. The van der Waals surface area contributed by atoms with Gasteiger partial charge < -0.3 is 9.73 Å². The van der Waals surface area contributed by atoms with E-state index in [1.54, 1.807) is 0 Å². The summed E-state index contributed by atoms with van der Waals surface area (Å²) in [5.74, 6) is 1.65. The zero-order chi connectivity index (χ0) is 12.2. The topological polar surface area (TPSA) is 41.3 Å². The summed E-state index contributed by atoms with van der Waals surface area (Å²) in [5.41, 5.74) is 1.08. The number of halogens is 3. The molecule has 0 aliphatic carbocycles. The molecule has 0 unspecified atom stereocenters. The number of rotatable bonds is 3. The Hall–Kier alpha value is -0.780. The van der Waals surface area contributed by atoms with Crippen LogP contribution in [-0.4, -0.2) is 36.1 Å². The molecule has 0 radical (unpaired) electrons. The summed E-state index contributed by atoms with van der Waals surface area (Å²) in [6.45, 7) is 5.01. The Bertz CT molecular complexity index is 501. The highest BCUT2D eigenvalue weighted by atomic mass is 35.5. The largest absolute Gasteiger partial charge is 0.439 e. The Morgan fingerprint density at radius 2 is 1.71 bits per heavy atom. The van der Waals surface area contributed by atoms with E-state index < -0.39 is 0 Å². The van der Waals surface area contributed by atoms with E-state index in [1.807, 2.05) is 36.5 Å². The molecule has 0 atom stereocenters. The zero-order valence-corrected chi connectivity index (χ0v) is 14.0. The van der Waals surface area contributed by atoms with Crippen molar-refractivity contribution in [3.63, 3.8) is 0 Å². The van der Waals surface area contributed by atoms with Crippen LogP contribution in [0.25, 0.3) is 11.3 Å². The molecule has 0 bridgehead atoms. The summed E-state index contributed by atoms with van der Waals surface area (Å²) >= 11 is 0. The van der Waals surface area contributed by atoms with Crippen LogP contribution in [0.2, 0.25) is 0 Å². The number of nitrogens with zero attached hydrogens (tertiary/aromatic N) is 2. The van der Waals surface area contributed by atoms with Gasteiger partial charge in [0.05, 0.1) is 12.7 Å². The minimum Gasteiger partial charge on any atom is -0.439 e. The third kappa shape index (κ3) is 5.49. The Labute approximate surface area is 143 Å². The number of hydrogen-bond donors (Lipinski definition) is 1. The van der Waals surface area contributed by atoms with Gasteiger partial charge in [0, 0.05) is 31.7 Å². The fourth-order valence-corrected chi connectivity index (χ4v) is 2.18. The van der Waals surface area contributed by atoms with E-state index >= 15 is 0 Å². The molecule has 0 spiro atoms. The number of piperazine rings is 1. The molecule has 0 saturated carbocycles. The van der Waals surface area contributed by atoms with E-state index in [9.17, 15) is 0 Å². The zero-order valence-electron chi connectivity index (χ0n) is 11.5. The first-order valence-corrected chi connectivity index (χ1v) is 6.35. The van der Waals surface area contributed by atoms with Crippen LogP contribution in [-0.2, 0) is 6.54 Å².